The lowest BCUT2D eigenvalue weighted by atomic mass is 10.2. The first-order chi connectivity index (χ1) is 8.69. The van der Waals surface area contributed by atoms with Crippen LogP contribution >= 0.6 is 11.3 Å². The number of aliphatic hydroxyl groups is 1. The monoisotopic (exact) mass is 264 g/mol. The Hall–Kier alpha value is -1.72. The molecule has 1 unspecified atom stereocenters. The van der Waals surface area contributed by atoms with E-state index in [4.69, 9.17) is 10.5 Å². The third-order valence-electron chi connectivity index (χ3n) is 2.59. The van der Waals surface area contributed by atoms with Gasteiger partial charge in [-0.1, -0.05) is 0 Å². The van der Waals surface area contributed by atoms with Crippen molar-refractivity contribution in [3.63, 3.8) is 0 Å². The molecule has 0 saturated carbocycles. The Morgan fingerprint density at radius 2 is 2.28 bits per heavy atom. The molecule has 4 nitrogen and oxygen atoms in total. The van der Waals surface area contributed by atoms with Crippen molar-refractivity contribution in [3.05, 3.63) is 40.6 Å². The molecule has 18 heavy (non-hydrogen) atoms. The summed E-state index contributed by atoms with van der Waals surface area (Å²) < 4.78 is 5.13. The van der Waals surface area contributed by atoms with Crippen LogP contribution in [0.2, 0.25) is 0 Å². The number of benzene rings is 1. The summed E-state index contributed by atoms with van der Waals surface area (Å²) in [5, 5.41) is 17.0. The van der Waals surface area contributed by atoms with Crippen molar-refractivity contribution >= 4 is 22.7 Å². The molecule has 0 spiro atoms. The Bertz CT molecular complexity index is 500. The number of thiophene rings is 1. The summed E-state index contributed by atoms with van der Waals surface area (Å²) in [4.78, 5) is 0. The molecule has 0 aliphatic carbocycles. The van der Waals surface area contributed by atoms with Gasteiger partial charge in [-0.3, -0.25) is 0 Å². The molecular weight excluding hydrogens is 248 g/mol. The fraction of sp³-hybridized carbons (Fsp3) is 0.231. The number of rotatable bonds is 5. The molecule has 0 aliphatic heterocycles. The normalized spacial score (nSPS) is 12.1. The van der Waals surface area contributed by atoms with Gasteiger partial charge in [0.1, 0.15) is 5.75 Å². The average molecular weight is 264 g/mol. The Labute approximate surface area is 110 Å². The maximum absolute atomic E-state index is 9.95. The van der Waals surface area contributed by atoms with Crippen LogP contribution in [0.3, 0.4) is 0 Å². The highest BCUT2D eigenvalue weighted by Crippen LogP contribution is 2.23. The second kappa shape index (κ2) is 5.75. The number of nitrogens with one attached hydrogen (secondary N) is 1. The quantitative estimate of drug-likeness (QED) is 0.726. The van der Waals surface area contributed by atoms with E-state index in [9.17, 15) is 5.11 Å². The molecule has 0 amide bonds. The second-order valence-electron chi connectivity index (χ2n) is 3.95. The van der Waals surface area contributed by atoms with Crippen molar-refractivity contribution in [2.75, 3.05) is 24.7 Å². The minimum absolute atomic E-state index is 0.434. The number of nitrogen functional groups attached to an aromatic ring is 1. The van der Waals surface area contributed by atoms with Crippen molar-refractivity contribution in [2.24, 2.45) is 0 Å². The zero-order valence-electron chi connectivity index (χ0n) is 10.1. The van der Waals surface area contributed by atoms with Crippen molar-refractivity contribution in [3.8, 4) is 5.75 Å². The SMILES string of the molecule is COc1cc(N)cc(NCC(O)c2ccsc2)c1. The lowest BCUT2D eigenvalue weighted by molar-refractivity contribution is 0.192. The predicted molar refractivity (Wildman–Crippen MR) is 75.2 cm³/mol. The fourth-order valence-electron chi connectivity index (χ4n) is 1.64. The first-order valence-corrected chi connectivity index (χ1v) is 6.52. The standard InChI is InChI=1S/C13H16N2O2S/c1-17-12-5-10(14)4-11(6-12)15-7-13(16)9-2-3-18-8-9/h2-6,8,13,15-16H,7,14H2,1H3. The first kappa shape index (κ1) is 12.7. The molecule has 1 aromatic heterocycles. The highest BCUT2D eigenvalue weighted by molar-refractivity contribution is 7.07. The lowest BCUT2D eigenvalue weighted by Gasteiger charge is -2.13. The molecule has 0 saturated heterocycles. The van der Waals surface area contributed by atoms with Crippen LogP contribution in [0.5, 0.6) is 5.75 Å². The maximum Gasteiger partial charge on any atom is 0.122 e. The van der Waals surface area contributed by atoms with Crippen LogP contribution in [0.1, 0.15) is 11.7 Å². The number of aliphatic hydroxyl groups excluding tert-OH is 1. The molecule has 1 atom stereocenters. The minimum atomic E-state index is -0.524. The van der Waals surface area contributed by atoms with Crippen LogP contribution in [-0.2, 0) is 0 Å². The van der Waals surface area contributed by atoms with E-state index in [1.165, 1.54) is 0 Å². The Morgan fingerprint density at radius 1 is 1.44 bits per heavy atom. The molecule has 1 aromatic carbocycles. The maximum atomic E-state index is 9.95. The summed E-state index contributed by atoms with van der Waals surface area (Å²) in [7, 11) is 1.60. The fourth-order valence-corrected chi connectivity index (χ4v) is 2.35. The van der Waals surface area contributed by atoms with Gasteiger partial charge in [-0.05, 0) is 28.5 Å². The third kappa shape index (κ3) is 3.15. The molecule has 0 fully saturated rings. The molecule has 0 bridgehead atoms. The van der Waals surface area contributed by atoms with Gasteiger partial charge in [-0.2, -0.15) is 11.3 Å². The molecule has 2 rings (SSSR count). The van der Waals surface area contributed by atoms with Gasteiger partial charge in [0.05, 0.1) is 13.2 Å². The van der Waals surface area contributed by atoms with Gasteiger partial charge in [-0.25, -0.2) is 0 Å². The molecular formula is C13H16N2O2S. The number of hydrogen-bond acceptors (Lipinski definition) is 5. The molecule has 0 radical (unpaired) electrons. The van der Waals surface area contributed by atoms with E-state index in [1.54, 1.807) is 24.5 Å². The summed E-state index contributed by atoms with van der Waals surface area (Å²) >= 11 is 1.57. The van der Waals surface area contributed by atoms with Crippen LogP contribution in [0, 0.1) is 0 Å². The van der Waals surface area contributed by atoms with Crippen LogP contribution in [0.4, 0.5) is 11.4 Å². The second-order valence-corrected chi connectivity index (χ2v) is 4.73. The van der Waals surface area contributed by atoms with Crippen LogP contribution in [0.25, 0.3) is 0 Å². The van der Waals surface area contributed by atoms with E-state index in [-0.39, 0.29) is 0 Å². The molecule has 5 heteroatoms. The van der Waals surface area contributed by atoms with Gasteiger partial charge >= 0.3 is 0 Å². The predicted octanol–water partition coefficient (Wildman–Crippen LogP) is 2.48. The third-order valence-corrected chi connectivity index (χ3v) is 3.29. The Kier molecular flexibility index (Phi) is 4.07. The van der Waals surface area contributed by atoms with E-state index in [2.05, 4.69) is 5.32 Å². The summed E-state index contributed by atoms with van der Waals surface area (Å²) in [5.41, 5.74) is 8.14. The summed E-state index contributed by atoms with van der Waals surface area (Å²) in [5.74, 6) is 0.697. The smallest absolute Gasteiger partial charge is 0.122 e. The van der Waals surface area contributed by atoms with Gasteiger partial charge < -0.3 is 20.9 Å². The van der Waals surface area contributed by atoms with Crippen LogP contribution in [0.15, 0.2) is 35.0 Å². The average Bonchev–Trinajstić information content (AvgIpc) is 2.89. The summed E-state index contributed by atoms with van der Waals surface area (Å²) in [6.45, 7) is 0.434. The molecule has 1 heterocycles. The number of ether oxygens (including phenoxy) is 1. The lowest BCUT2D eigenvalue weighted by Crippen LogP contribution is -2.11. The molecule has 96 valence electrons. The van der Waals surface area contributed by atoms with Gasteiger partial charge in [0.25, 0.3) is 0 Å². The number of methoxy groups -OCH3 is 1. The number of anilines is 2. The summed E-state index contributed by atoms with van der Waals surface area (Å²) in [6.07, 6.45) is -0.524. The number of hydrogen-bond donors (Lipinski definition) is 3. The van der Waals surface area contributed by atoms with Crippen LogP contribution in [-0.4, -0.2) is 18.8 Å². The Morgan fingerprint density at radius 3 is 2.94 bits per heavy atom. The highest BCUT2D eigenvalue weighted by Gasteiger charge is 2.08. The first-order valence-electron chi connectivity index (χ1n) is 5.57. The zero-order chi connectivity index (χ0) is 13.0. The Balaban J connectivity index is 1.99. The molecule has 0 aliphatic rings. The number of nitrogens with two attached hydrogens (primary N) is 1. The van der Waals surface area contributed by atoms with E-state index >= 15 is 0 Å². The van der Waals surface area contributed by atoms with Gasteiger partial charge in [-0.15, -0.1) is 0 Å². The van der Waals surface area contributed by atoms with Crippen LogP contribution < -0.4 is 15.8 Å². The molecule has 4 N–H and O–H groups in total. The van der Waals surface area contributed by atoms with Crippen molar-refractivity contribution in [2.45, 2.75) is 6.10 Å². The van der Waals surface area contributed by atoms with Crippen molar-refractivity contribution in [1.82, 2.24) is 0 Å². The van der Waals surface area contributed by atoms with Gasteiger partial charge in [0, 0.05) is 30.1 Å². The van der Waals surface area contributed by atoms with Gasteiger partial charge in [0.2, 0.25) is 0 Å². The topological polar surface area (TPSA) is 67.5 Å². The highest BCUT2D eigenvalue weighted by atomic mass is 32.1. The van der Waals surface area contributed by atoms with E-state index in [0.717, 1.165) is 11.3 Å². The van der Waals surface area contributed by atoms with E-state index in [1.807, 2.05) is 29.0 Å². The van der Waals surface area contributed by atoms with E-state index < -0.39 is 6.10 Å². The molecule has 2 aromatic rings. The minimum Gasteiger partial charge on any atom is -0.497 e. The van der Waals surface area contributed by atoms with Crippen molar-refractivity contribution in [1.29, 1.82) is 0 Å². The summed E-state index contributed by atoms with van der Waals surface area (Å²) in [6, 6.07) is 7.32. The van der Waals surface area contributed by atoms with Crippen molar-refractivity contribution < 1.29 is 9.84 Å². The zero-order valence-corrected chi connectivity index (χ0v) is 10.9. The largest absolute Gasteiger partial charge is 0.497 e. The van der Waals surface area contributed by atoms with Gasteiger partial charge in [0.15, 0.2) is 0 Å². The van der Waals surface area contributed by atoms with E-state index in [0.29, 0.717) is 18.0 Å².